The molecule has 0 N–H and O–H groups in total. The number of rotatable bonds is 8. The second-order valence-corrected chi connectivity index (χ2v) is 20.8. The molecule has 0 fully saturated rings. The molecule has 17 rings (SSSR count). The van der Waals surface area contributed by atoms with E-state index in [2.05, 4.69) is 252 Å². The molecule has 0 unspecified atom stereocenters. The van der Waals surface area contributed by atoms with Gasteiger partial charge in [0, 0.05) is 83.0 Å². The monoisotopic (exact) mass is 1020 g/mol. The number of anilines is 6. The summed E-state index contributed by atoms with van der Waals surface area (Å²) in [6, 6.07) is 94.3. The molecule has 0 aliphatic heterocycles. The van der Waals surface area contributed by atoms with Crippen molar-refractivity contribution in [3.63, 3.8) is 0 Å². The van der Waals surface area contributed by atoms with E-state index in [0.29, 0.717) is 0 Å². The molecule has 0 bridgehead atoms. The summed E-state index contributed by atoms with van der Waals surface area (Å²) in [7, 11) is 0. The van der Waals surface area contributed by atoms with Gasteiger partial charge in [0.25, 0.3) is 0 Å². The van der Waals surface area contributed by atoms with Crippen LogP contribution in [-0.2, 0) is 0 Å². The molecule has 6 nitrogen and oxygen atoms in total. The Morgan fingerprint density at radius 1 is 0.212 bits per heavy atom. The van der Waals surface area contributed by atoms with Crippen molar-refractivity contribution >= 4 is 143 Å². The van der Waals surface area contributed by atoms with Crippen LogP contribution in [0.5, 0.6) is 0 Å². The molecule has 13 aromatic carbocycles. The van der Waals surface area contributed by atoms with Gasteiger partial charge in [-0.3, -0.25) is 0 Å². The van der Waals surface area contributed by atoms with Gasteiger partial charge in [0.1, 0.15) is 33.5 Å². The quantitative estimate of drug-likeness (QED) is 0.151. The third-order valence-corrected chi connectivity index (χ3v) is 16.1. The lowest BCUT2D eigenvalue weighted by molar-refractivity contribution is 0.656. The molecule has 6 heteroatoms. The van der Waals surface area contributed by atoms with Crippen molar-refractivity contribution in [1.82, 2.24) is 0 Å². The van der Waals surface area contributed by atoms with Crippen LogP contribution in [-0.4, -0.2) is 0 Å². The molecule has 0 aliphatic carbocycles. The average Bonchev–Trinajstić information content (AvgIpc) is 4.31. The lowest BCUT2D eigenvalue weighted by atomic mass is 9.98. The van der Waals surface area contributed by atoms with Crippen molar-refractivity contribution in [3.8, 4) is 22.3 Å². The summed E-state index contributed by atoms with van der Waals surface area (Å²) in [5.41, 5.74) is 16.9. The van der Waals surface area contributed by atoms with Crippen molar-refractivity contribution in [2.45, 2.75) is 0 Å². The maximum Gasteiger partial charge on any atom is 0.160 e. The van der Waals surface area contributed by atoms with Crippen LogP contribution in [0.25, 0.3) is 132 Å². The van der Waals surface area contributed by atoms with E-state index in [4.69, 9.17) is 17.7 Å². The maximum atomic E-state index is 6.83. The number of furan rings is 4. The van der Waals surface area contributed by atoms with Crippen LogP contribution in [0.2, 0.25) is 0 Å². The molecule has 0 radical (unpaired) electrons. The molecule has 374 valence electrons. The number of benzene rings is 13. The molecule has 4 heterocycles. The van der Waals surface area contributed by atoms with E-state index < -0.39 is 0 Å². The van der Waals surface area contributed by atoms with E-state index in [1.807, 2.05) is 24.3 Å². The van der Waals surface area contributed by atoms with Crippen molar-refractivity contribution in [1.29, 1.82) is 0 Å². The molecular weight excluding hydrogens is 981 g/mol. The fourth-order valence-electron chi connectivity index (χ4n) is 12.4. The van der Waals surface area contributed by atoms with Crippen LogP contribution < -0.4 is 9.80 Å². The topological polar surface area (TPSA) is 59.0 Å². The Morgan fingerprint density at radius 2 is 0.600 bits per heavy atom. The number of hydrogen-bond acceptors (Lipinski definition) is 6. The smallest absolute Gasteiger partial charge is 0.160 e. The third-order valence-electron chi connectivity index (χ3n) is 16.1. The van der Waals surface area contributed by atoms with Gasteiger partial charge in [-0.2, -0.15) is 0 Å². The molecule has 4 aromatic heterocycles. The molecule has 0 saturated carbocycles. The van der Waals surface area contributed by atoms with Crippen LogP contribution in [0.3, 0.4) is 0 Å². The molecule has 17 aromatic rings. The van der Waals surface area contributed by atoms with E-state index in [-0.39, 0.29) is 0 Å². The Labute approximate surface area is 457 Å². The van der Waals surface area contributed by atoms with Gasteiger partial charge in [0.05, 0.1) is 11.4 Å². The highest BCUT2D eigenvalue weighted by Gasteiger charge is 2.27. The summed E-state index contributed by atoms with van der Waals surface area (Å²) >= 11 is 0. The largest absolute Gasteiger partial charge is 0.456 e. The summed E-state index contributed by atoms with van der Waals surface area (Å²) in [6.07, 6.45) is 0. The molecule has 0 aliphatic rings. The minimum atomic E-state index is 0.774. The highest BCUT2D eigenvalue weighted by molar-refractivity contribution is 6.20. The number of hydrogen-bond donors (Lipinski definition) is 0. The number of nitrogens with zero attached hydrogens (tertiary/aromatic N) is 2. The lowest BCUT2D eigenvalue weighted by Gasteiger charge is -2.28. The van der Waals surface area contributed by atoms with E-state index in [1.54, 1.807) is 0 Å². The fourth-order valence-corrected chi connectivity index (χ4v) is 12.4. The van der Waals surface area contributed by atoms with Gasteiger partial charge < -0.3 is 27.5 Å². The molecule has 0 spiro atoms. The van der Waals surface area contributed by atoms with E-state index in [0.717, 1.165) is 166 Å². The van der Waals surface area contributed by atoms with Crippen LogP contribution >= 0.6 is 0 Å². The van der Waals surface area contributed by atoms with E-state index >= 15 is 0 Å². The van der Waals surface area contributed by atoms with Crippen LogP contribution in [0, 0.1) is 0 Å². The highest BCUT2D eigenvalue weighted by atomic mass is 16.3. The second-order valence-electron chi connectivity index (χ2n) is 20.8. The van der Waals surface area contributed by atoms with Gasteiger partial charge in [-0.05, 0) is 136 Å². The van der Waals surface area contributed by atoms with Crippen molar-refractivity contribution in [3.05, 3.63) is 267 Å². The van der Waals surface area contributed by atoms with E-state index in [1.165, 1.54) is 0 Å². The minimum absolute atomic E-state index is 0.774. The number of para-hydroxylation sites is 4. The SMILES string of the molecule is c1ccc(-c2ccc3c(oc4ccccc43)c2N(c2ccccc2)c2ccc3cc4c(cc3c2)oc2cc3oc5cc6cc(N(c7ccccc7)c7c(-c8ccccc8)ccc8c7oc7ccccc78)ccc6cc5c3cc24)cc1. The normalized spacial score (nSPS) is 12.0. The predicted octanol–water partition coefficient (Wildman–Crippen LogP) is 21.9. The fraction of sp³-hybridized carbons (Fsp3) is 0. The Kier molecular flexibility index (Phi) is 9.61. The zero-order valence-corrected chi connectivity index (χ0v) is 42.9. The van der Waals surface area contributed by atoms with Gasteiger partial charge in [-0.25, -0.2) is 0 Å². The van der Waals surface area contributed by atoms with Crippen molar-refractivity contribution in [2.24, 2.45) is 0 Å². The summed E-state index contributed by atoms with van der Waals surface area (Å²) in [5, 5.41) is 12.8. The Morgan fingerprint density at radius 3 is 1.05 bits per heavy atom. The Balaban J connectivity index is 0.793. The summed E-state index contributed by atoms with van der Waals surface area (Å²) in [5.74, 6) is 0. The maximum absolute atomic E-state index is 6.83. The lowest BCUT2D eigenvalue weighted by Crippen LogP contribution is -2.11. The first-order chi connectivity index (χ1) is 39.6. The molecule has 80 heavy (non-hydrogen) atoms. The summed E-state index contributed by atoms with van der Waals surface area (Å²) < 4.78 is 27.3. The molecule has 0 amide bonds. The van der Waals surface area contributed by atoms with Crippen LogP contribution in [0.15, 0.2) is 285 Å². The molecule has 0 atom stereocenters. The minimum Gasteiger partial charge on any atom is -0.456 e. The predicted molar refractivity (Wildman–Crippen MR) is 331 cm³/mol. The Hall–Kier alpha value is -10.8. The summed E-state index contributed by atoms with van der Waals surface area (Å²) in [4.78, 5) is 4.67. The number of fused-ring (bicyclic) bond motifs is 14. The third kappa shape index (κ3) is 6.85. The van der Waals surface area contributed by atoms with Gasteiger partial charge in [0.2, 0.25) is 0 Å². The van der Waals surface area contributed by atoms with Gasteiger partial charge in [0.15, 0.2) is 11.2 Å². The summed E-state index contributed by atoms with van der Waals surface area (Å²) in [6.45, 7) is 0. The van der Waals surface area contributed by atoms with Crippen molar-refractivity contribution in [2.75, 3.05) is 9.80 Å². The van der Waals surface area contributed by atoms with Gasteiger partial charge >= 0.3 is 0 Å². The second kappa shape index (κ2) is 17.3. The van der Waals surface area contributed by atoms with Crippen molar-refractivity contribution < 1.29 is 17.7 Å². The zero-order valence-electron chi connectivity index (χ0n) is 42.9. The Bertz CT molecular complexity index is 4980. The highest BCUT2D eigenvalue weighted by Crippen LogP contribution is 2.51. The standard InChI is InChI=1S/C74H44N2O4/c1-5-17-45(18-6-1)55-33-35-59-57-25-13-15-27-65(57)79-73(59)71(55)75(51-21-9-3-10-22-51)53-31-29-47-39-61-63-43-64-62-40-48-30-32-54(38-50(48)42-68(62)78-70(64)44-69(63)77-67(61)41-49(47)37-53)76(52-23-11-4-12-24-52)72-56(46-19-7-2-8-20-46)34-36-60-58-26-14-16-28-66(58)80-74(60)72/h1-44H. The van der Waals surface area contributed by atoms with Crippen LogP contribution in [0.1, 0.15) is 0 Å². The average molecular weight is 1030 g/mol. The van der Waals surface area contributed by atoms with Gasteiger partial charge in [-0.15, -0.1) is 0 Å². The first-order valence-corrected chi connectivity index (χ1v) is 27.0. The van der Waals surface area contributed by atoms with Crippen LogP contribution in [0.4, 0.5) is 34.1 Å². The first-order valence-electron chi connectivity index (χ1n) is 27.0. The van der Waals surface area contributed by atoms with Gasteiger partial charge in [-0.1, -0.05) is 158 Å². The zero-order chi connectivity index (χ0) is 52.4. The molecular formula is C74H44N2O4. The molecule has 0 saturated heterocycles. The first kappa shape index (κ1) is 44.3. The van der Waals surface area contributed by atoms with E-state index in [9.17, 15) is 0 Å².